The zero-order chi connectivity index (χ0) is 15.5. The molecule has 6 heteroatoms. The molecule has 2 aromatic carbocycles. The minimum Gasteiger partial charge on any atom is -0.497 e. The van der Waals surface area contributed by atoms with Gasteiger partial charge in [-0.3, -0.25) is 0 Å². The van der Waals surface area contributed by atoms with Crippen LogP contribution in [0, 0.1) is 6.92 Å². The summed E-state index contributed by atoms with van der Waals surface area (Å²) in [6.07, 6.45) is 1.68. The van der Waals surface area contributed by atoms with Crippen LogP contribution in [-0.4, -0.2) is 26.3 Å². The lowest BCUT2D eigenvalue weighted by atomic mass is 10.2. The molecule has 0 saturated carbocycles. The lowest BCUT2D eigenvalue weighted by Gasteiger charge is -2.02. The summed E-state index contributed by atoms with van der Waals surface area (Å²) < 4.78 is 19.2. The van der Waals surface area contributed by atoms with E-state index in [0.717, 1.165) is 17.0 Å². The molecular formula is C16H15N3O2S. The summed E-state index contributed by atoms with van der Waals surface area (Å²) in [7, 11) is 0.285. The summed E-state index contributed by atoms with van der Waals surface area (Å²) in [5.74, 6) is 0.771. The molecule has 0 bridgehead atoms. The third kappa shape index (κ3) is 2.92. The molecule has 3 rings (SSSR count). The second-order valence-electron chi connectivity index (χ2n) is 4.78. The van der Waals surface area contributed by atoms with Crippen LogP contribution in [-0.2, 0) is 10.8 Å². The van der Waals surface area contributed by atoms with Gasteiger partial charge in [-0.2, -0.15) is 0 Å². The number of benzene rings is 2. The molecule has 0 aliphatic carbocycles. The molecular weight excluding hydrogens is 298 g/mol. The Morgan fingerprint density at radius 3 is 2.36 bits per heavy atom. The zero-order valence-corrected chi connectivity index (χ0v) is 13.1. The van der Waals surface area contributed by atoms with E-state index in [0.29, 0.717) is 9.92 Å². The number of nitrogens with zero attached hydrogens (tertiary/aromatic N) is 3. The minimum atomic E-state index is -1.33. The minimum absolute atomic E-state index is 0.430. The molecule has 1 unspecified atom stereocenters. The second kappa shape index (κ2) is 6.11. The number of methoxy groups -OCH3 is 1. The highest BCUT2D eigenvalue weighted by atomic mass is 32.2. The fourth-order valence-electron chi connectivity index (χ4n) is 1.98. The van der Waals surface area contributed by atoms with Crippen LogP contribution in [0.2, 0.25) is 0 Å². The molecule has 22 heavy (non-hydrogen) atoms. The van der Waals surface area contributed by atoms with Crippen molar-refractivity contribution in [2.24, 2.45) is 0 Å². The number of hydrogen-bond donors (Lipinski definition) is 0. The van der Waals surface area contributed by atoms with Crippen molar-refractivity contribution >= 4 is 10.8 Å². The maximum Gasteiger partial charge on any atom is 0.174 e. The van der Waals surface area contributed by atoms with Crippen molar-refractivity contribution in [3.05, 3.63) is 60.3 Å². The lowest BCUT2D eigenvalue weighted by Crippen LogP contribution is -1.95. The van der Waals surface area contributed by atoms with E-state index in [1.807, 2.05) is 55.5 Å². The first-order chi connectivity index (χ1) is 10.7. The van der Waals surface area contributed by atoms with Gasteiger partial charge in [0.1, 0.15) is 16.5 Å². The van der Waals surface area contributed by atoms with E-state index >= 15 is 0 Å². The Morgan fingerprint density at radius 1 is 1.05 bits per heavy atom. The summed E-state index contributed by atoms with van der Waals surface area (Å²) in [5, 5.41) is 8.48. The fourth-order valence-corrected chi connectivity index (χ4v) is 2.91. The predicted octanol–water partition coefficient (Wildman–Crippen LogP) is 2.75. The topological polar surface area (TPSA) is 57.0 Å². The number of aromatic nitrogens is 3. The van der Waals surface area contributed by atoms with E-state index in [-0.39, 0.29) is 0 Å². The number of hydrogen-bond acceptors (Lipinski definition) is 4. The first-order valence-electron chi connectivity index (χ1n) is 6.72. The number of rotatable bonds is 4. The van der Waals surface area contributed by atoms with Crippen molar-refractivity contribution in [2.75, 3.05) is 7.11 Å². The van der Waals surface area contributed by atoms with Crippen LogP contribution in [0.4, 0.5) is 0 Å². The summed E-state index contributed by atoms with van der Waals surface area (Å²) in [6, 6.07) is 15.0. The molecule has 1 aromatic heterocycles. The van der Waals surface area contributed by atoms with Gasteiger partial charge in [-0.15, -0.1) is 5.10 Å². The van der Waals surface area contributed by atoms with Crippen molar-refractivity contribution in [3.8, 4) is 11.4 Å². The summed E-state index contributed by atoms with van der Waals surface area (Å²) in [4.78, 5) is 0.715. The molecule has 1 atom stereocenters. The highest BCUT2D eigenvalue weighted by Gasteiger charge is 2.12. The quantitative estimate of drug-likeness (QED) is 0.743. The van der Waals surface area contributed by atoms with Gasteiger partial charge in [-0.1, -0.05) is 22.9 Å². The molecule has 0 amide bonds. The van der Waals surface area contributed by atoms with Crippen LogP contribution in [0.5, 0.6) is 5.75 Å². The van der Waals surface area contributed by atoms with Crippen LogP contribution in [0.25, 0.3) is 5.69 Å². The third-order valence-electron chi connectivity index (χ3n) is 3.23. The zero-order valence-electron chi connectivity index (χ0n) is 12.3. The molecule has 0 aliphatic rings. The van der Waals surface area contributed by atoms with Gasteiger partial charge in [0.05, 0.1) is 19.0 Å². The Hall–Kier alpha value is -2.47. The van der Waals surface area contributed by atoms with Gasteiger partial charge in [0.25, 0.3) is 0 Å². The second-order valence-corrected chi connectivity index (χ2v) is 6.21. The number of aryl methyl sites for hydroxylation is 1. The van der Waals surface area contributed by atoms with E-state index in [1.165, 1.54) is 0 Å². The van der Waals surface area contributed by atoms with Gasteiger partial charge in [0.15, 0.2) is 5.03 Å². The van der Waals surface area contributed by atoms with Crippen LogP contribution >= 0.6 is 0 Å². The fraction of sp³-hybridized carbons (Fsp3) is 0.125. The normalized spacial score (nSPS) is 12.1. The van der Waals surface area contributed by atoms with Crippen LogP contribution in [0.3, 0.4) is 0 Å². The highest BCUT2D eigenvalue weighted by Crippen LogP contribution is 2.17. The molecule has 0 spiro atoms. The van der Waals surface area contributed by atoms with E-state index < -0.39 is 10.8 Å². The Morgan fingerprint density at radius 2 is 1.73 bits per heavy atom. The Kier molecular flexibility index (Phi) is 4.02. The molecule has 0 fully saturated rings. The van der Waals surface area contributed by atoms with Crippen molar-refractivity contribution in [3.63, 3.8) is 0 Å². The van der Waals surface area contributed by atoms with Crippen LogP contribution < -0.4 is 4.74 Å². The highest BCUT2D eigenvalue weighted by molar-refractivity contribution is 7.85. The van der Waals surface area contributed by atoms with Gasteiger partial charge in [-0.25, -0.2) is 8.89 Å². The van der Waals surface area contributed by atoms with Gasteiger partial charge < -0.3 is 4.74 Å². The molecule has 3 aromatic rings. The van der Waals surface area contributed by atoms with E-state index in [4.69, 9.17) is 4.74 Å². The summed E-state index contributed by atoms with van der Waals surface area (Å²) in [6.45, 7) is 1.99. The van der Waals surface area contributed by atoms with Crippen LogP contribution in [0.15, 0.2) is 64.6 Å². The molecule has 0 saturated heterocycles. The maximum absolute atomic E-state index is 12.5. The maximum atomic E-state index is 12.5. The first kappa shape index (κ1) is 14.5. The van der Waals surface area contributed by atoms with Crippen molar-refractivity contribution in [1.82, 2.24) is 15.0 Å². The Balaban J connectivity index is 1.86. The molecule has 0 N–H and O–H groups in total. The monoisotopic (exact) mass is 313 g/mol. The van der Waals surface area contributed by atoms with E-state index in [1.54, 1.807) is 18.0 Å². The standard InChI is InChI=1S/C16H15N3O2S/c1-12-3-9-15(10-4-12)22(20)16-11-19(18-17-16)13-5-7-14(21-2)8-6-13/h3-11H,1-2H3. The average Bonchev–Trinajstić information content (AvgIpc) is 3.05. The van der Waals surface area contributed by atoms with E-state index in [2.05, 4.69) is 10.3 Å². The summed E-state index contributed by atoms with van der Waals surface area (Å²) in [5.41, 5.74) is 1.96. The van der Waals surface area contributed by atoms with Gasteiger partial charge in [0.2, 0.25) is 0 Å². The van der Waals surface area contributed by atoms with Crippen molar-refractivity contribution in [2.45, 2.75) is 16.8 Å². The van der Waals surface area contributed by atoms with Gasteiger partial charge >= 0.3 is 0 Å². The van der Waals surface area contributed by atoms with Crippen LogP contribution in [0.1, 0.15) is 5.56 Å². The van der Waals surface area contributed by atoms with Crippen molar-refractivity contribution < 1.29 is 8.95 Å². The summed E-state index contributed by atoms with van der Waals surface area (Å²) >= 11 is 0. The lowest BCUT2D eigenvalue weighted by molar-refractivity contribution is 0.414. The molecule has 0 radical (unpaired) electrons. The predicted molar refractivity (Wildman–Crippen MR) is 83.8 cm³/mol. The first-order valence-corrected chi connectivity index (χ1v) is 7.87. The van der Waals surface area contributed by atoms with Gasteiger partial charge in [0, 0.05) is 4.90 Å². The third-order valence-corrected chi connectivity index (χ3v) is 4.50. The van der Waals surface area contributed by atoms with Crippen molar-refractivity contribution in [1.29, 1.82) is 0 Å². The molecule has 112 valence electrons. The van der Waals surface area contributed by atoms with E-state index in [9.17, 15) is 4.21 Å². The average molecular weight is 313 g/mol. The Labute approximate surface area is 131 Å². The Bertz CT molecular complexity index is 795. The largest absolute Gasteiger partial charge is 0.497 e. The smallest absolute Gasteiger partial charge is 0.174 e. The molecule has 1 heterocycles. The molecule has 0 aliphatic heterocycles. The SMILES string of the molecule is COc1ccc(-n2cc(S(=O)c3ccc(C)cc3)nn2)cc1. The number of ether oxygens (including phenoxy) is 1. The molecule has 5 nitrogen and oxygen atoms in total. The van der Waals surface area contributed by atoms with Gasteiger partial charge in [-0.05, 0) is 43.3 Å².